The summed E-state index contributed by atoms with van der Waals surface area (Å²) >= 11 is 4.84. The molecule has 0 aliphatic carbocycles. The first-order chi connectivity index (χ1) is 9.10. The number of thiocarbonyl (C=S) groups is 1. The molecule has 112 valence electrons. The van der Waals surface area contributed by atoms with Crippen molar-refractivity contribution in [1.29, 1.82) is 0 Å². The molecule has 0 radical (unpaired) electrons. The third kappa shape index (κ3) is 3.99. The molecule has 0 bridgehead atoms. The lowest BCUT2D eigenvalue weighted by Gasteiger charge is -2.32. The van der Waals surface area contributed by atoms with Crippen LogP contribution in [0.2, 0.25) is 0 Å². The molecule has 0 fully saturated rings. The van der Waals surface area contributed by atoms with Crippen molar-refractivity contribution in [1.82, 2.24) is 4.31 Å². The van der Waals surface area contributed by atoms with E-state index in [1.54, 1.807) is 38.1 Å². The van der Waals surface area contributed by atoms with Crippen molar-refractivity contribution in [2.45, 2.75) is 25.1 Å². The minimum absolute atomic E-state index is 0.134. The lowest BCUT2D eigenvalue weighted by molar-refractivity contribution is 0.138. The standard InChI is InChI=1S/C13H20N2O3S2/c1-13(2,9-16)15(3)20(17,18)8-10-4-6-11(7-5-10)12(14)19/h4-7,16H,8-9H2,1-3H3,(H2,14,19). The summed E-state index contributed by atoms with van der Waals surface area (Å²) in [6.45, 7) is 3.09. The monoisotopic (exact) mass is 316 g/mol. The van der Waals surface area contributed by atoms with Crippen molar-refractivity contribution in [3.63, 3.8) is 0 Å². The maximum Gasteiger partial charge on any atom is 0.218 e. The maximum atomic E-state index is 12.3. The van der Waals surface area contributed by atoms with Gasteiger partial charge in [0.15, 0.2) is 0 Å². The van der Waals surface area contributed by atoms with Crippen LogP contribution in [0, 0.1) is 0 Å². The molecule has 1 aromatic carbocycles. The van der Waals surface area contributed by atoms with E-state index in [4.69, 9.17) is 18.0 Å². The van der Waals surface area contributed by atoms with E-state index < -0.39 is 15.6 Å². The quantitative estimate of drug-likeness (QED) is 0.760. The summed E-state index contributed by atoms with van der Waals surface area (Å²) in [4.78, 5) is 0.276. The van der Waals surface area contributed by atoms with Crippen LogP contribution in [0.4, 0.5) is 0 Å². The molecule has 0 aromatic heterocycles. The fourth-order valence-electron chi connectivity index (χ4n) is 1.55. The van der Waals surface area contributed by atoms with Crippen LogP contribution in [0.1, 0.15) is 25.0 Å². The lowest BCUT2D eigenvalue weighted by atomic mass is 10.1. The SMILES string of the molecule is CN(C(C)(C)CO)S(=O)(=O)Cc1ccc(C(N)=S)cc1. The second kappa shape index (κ2) is 6.17. The highest BCUT2D eigenvalue weighted by atomic mass is 32.2. The minimum Gasteiger partial charge on any atom is -0.394 e. The molecule has 0 aliphatic heterocycles. The van der Waals surface area contributed by atoms with E-state index in [2.05, 4.69) is 0 Å². The molecule has 0 unspecified atom stereocenters. The number of likely N-dealkylation sites (N-methyl/N-ethyl adjacent to an activating group) is 1. The second-order valence-corrected chi connectivity index (χ2v) is 7.70. The van der Waals surface area contributed by atoms with Crippen molar-refractivity contribution < 1.29 is 13.5 Å². The van der Waals surface area contributed by atoms with Crippen LogP contribution < -0.4 is 5.73 Å². The first kappa shape index (κ1) is 17.0. The number of aliphatic hydroxyl groups excluding tert-OH is 1. The predicted octanol–water partition coefficient (Wildman–Crippen LogP) is 0.853. The van der Waals surface area contributed by atoms with E-state index in [1.807, 2.05) is 0 Å². The van der Waals surface area contributed by atoms with Crippen LogP contribution >= 0.6 is 12.2 Å². The topological polar surface area (TPSA) is 83.6 Å². The van der Waals surface area contributed by atoms with E-state index in [9.17, 15) is 13.5 Å². The van der Waals surface area contributed by atoms with Crippen LogP contribution in [-0.2, 0) is 15.8 Å². The third-order valence-electron chi connectivity index (χ3n) is 3.24. The highest BCUT2D eigenvalue weighted by Crippen LogP contribution is 2.19. The Morgan fingerprint density at radius 3 is 2.25 bits per heavy atom. The first-order valence-corrected chi connectivity index (χ1v) is 8.08. The van der Waals surface area contributed by atoms with Gasteiger partial charge in [-0.2, -0.15) is 4.31 Å². The average Bonchev–Trinajstić information content (AvgIpc) is 2.38. The summed E-state index contributed by atoms with van der Waals surface area (Å²) in [6, 6.07) is 6.77. The minimum atomic E-state index is -3.51. The Bertz CT molecular complexity index is 580. The summed E-state index contributed by atoms with van der Waals surface area (Å²) in [5.41, 5.74) is 6.00. The van der Waals surface area contributed by atoms with Crippen molar-refractivity contribution in [3.8, 4) is 0 Å². The Labute approximate surface area is 125 Å². The highest BCUT2D eigenvalue weighted by molar-refractivity contribution is 7.88. The number of nitrogens with two attached hydrogens (primary N) is 1. The van der Waals surface area contributed by atoms with Gasteiger partial charge >= 0.3 is 0 Å². The molecule has 0 saturated carbocycles. The fourth-order valence-corrected chi connectivity index (χ4v) is 3.30. The molecule has 7 heteroatoms. The van der Waals surface area contributed by atoms with Gasteiger partial charge in [-0.15, -0.1) is 0 Å². The molecule has 0 atom stereocenters. The third-order valence-corrected chi connectivity index (χ3v) is 5.51. The summed E-state index contributed by atoms with van der Waals surface area (Å²) in [5.74, 6) is -0.134. The number of benzene rings is 1. The van der Waals surface area contributed by atoms with E-state index in [1.165, 1.54) is 11.4 Å². The van der Waals surface area contributed by atoms with Crippen molar-refractivity contribution in [3.05, 3.63) is 35.4 Å². The van der Waals surface area contributed by atoms with Gasteiger partial charge in [-0.25, -0.2) is 8.42 Å². The molecular weight excluding hydrogens is 296 g/mol. The molecule has 5 nitrogen and oxygen atoms in total. The fraction of sp³-hybridized carbons (Fsp3) is 0.462. The number of hydrogen-bond acceptors (Lipinski definition) is 4. The van der Waals surface area contributed by atoms with Crippen molar-refractivity contribution in [2.75, 3.05) is 13.7 Å². The number of sulfonamides is 1. The maximum absolute atomic E-state index is 12.3. The van der Waals surface area contributed by atoms with Gasteiger partial charge in [-0.05, 0) is 19.4 Å². The first-order valence-electron chi connectivity index (χ1n) is 6.06. The summed E-state index contributed by atoms with van der Waals surface area (Å²) in [5, 5.41) is 9.26. The summed E-state index contributed by atoms with van der Waals surface area (Å²) in [6.07, 6.45) is 0. The molecule has 0 aliphatic rings. The molecule has 1 rings (SSSR count). The molecule has 1 aromatic rings. The molecule has 0 heterocycles. The Hall–Kier alpha value is -1.02. The molecule has 0 saturated heterocycles. The van der Waals surface area contributed by atoms with Crippen molar-refractivity contribution in [2.24, 2.45) is 5.73 Å². The van der Waals surface area contributed by atoms with Gasteiger partial charge in [0, 0.05) is 12.6 Å². The number of hydrogen-bond donors (Lipinski definition) is 2. The molecule has 0 spiro atoms. The van der Waals surface area contributed by atoms with E-state index >= 15 is 0 Å². The zero-order chi connectivity index (χ0) is 15.6. The summed E-state index contributed by atoms with van der Waals surface area (Å²) < 4.78 is 25.8. The Kier molecular flexibility index (Phi) is 5.26. The summed E-state index contributed by atoms with van der Waals surface area (Å²) in [7, 11) is -2.04. The molecular formula is C13H20N2O3S2. The Balaban J connectivity index is 2.94. The van der Waals surface area contributed by atoms with Gasteiger partial charge < -0.3 is 10.8 Å². The van der Waals surface area contributed by atoms with Crippen LogP contribution in [0.5, 0.6) is 0 Å². The predicted molar refractivity (Wildman–Crippen MR) is 83.9 cm³/mol. The van der Waals surface area contributed by atoms with Gasteiger partial charge in [0.25, 0.3) is 0 Å². The van der Waals surface area contributed by atoms with Gasteiger partial charge in [-0.1, -0.05) is 36.5 Å². The van der Waals surface area contributed by atoms with Crippen LogP contribution in [0.3, 0.4) is 0 Å². The number of rotatable bonds is 6. The smallest absolute Gasteiger partial charge is 0.218 e. The zero-order valence-electron chi connectivity index (χ0n) is 11.8. The molecule has 0 amide bonds. The van der Waals surface area contributed by atoms with Gasteiger partial charge in [0.05, 0.1) is 17.9 Å². The Morgan fingerprint density at radius 2 is 1.85 bits per heavy atom. The Morgan fingerprint density at radius 1 is 1.35 bits per heavy atom. The highest BCUT2D eigenvalue weighted by Gasteiger charge is 2.32. The number of aliphatic hydroxyl groups is 1. The lowest BCUT2D eigenvalue weighted by Crippen LogP contribution is -2.47. The van der Waals surface area contributed by atoms with Gasteiger partial charge in [0.2, 0.25) is 10.0 Å². The van der Waals surface area contributed by atoms with Gasteiger partial charge in [-0.3, -0.25) is 0 Å². The van der Waals surface area contributed by atoms with Crippen molar-refractivity contribution >= 4 is 27.2 Å². The van der Waals surface area contributed by atoms with Crippen LogP contribution in [0.25, 0.3) is 0 Å². The molecule has 3 N–H and O–H groups in total. The van der Waals surface area contributed by atoms with Crippen LogP contribution in [-0.4, -0.2) is 42.0 Å². The largest absolute Gasteiger partial charge is 0.394 e. The zero-order valence-corrected chi connectivity index (χ0v) is 13.5. The second-order valence-electron chi connectivity index (χ2n) is 5.26. The van der Waals surface area contributed by atoms with E-state index in [0.717, 1.165) is 0 Å². The van der Waals surface area contributed by atoms with E-state index in [0.29, 0.717) is 11.1 Å². The normalized spacial score (nSPS) is 12.7. The van der Waals surface area contributed by atoms with Crippen LogP contribution in [0.15, 0.2) is 24.3 Å². The van der Waals surface area contributed by atoms with E-state index in [-0.39, 0.29) is 17.3 Å². The number of nitrogens with zero attached hydrogens (tertiary/aromatic N) is 1. The average molecular weight is 316 g/mol. The van der Waals surface area contributed by atoms with Gasteiger partial charge in [0.1, 0.15) is 4.99 Å². The molecule has 20 heavy (non-hydrogen) atoms.